The van der Waals surface area contributed by atoms with E-state index < -0.39 is 11.9 Å². The van der Waals surface area contributed by atoms with Crippen LogP contribution in [0.3, 0.4) is 0 Å². The highest BCUT2D eigenvalue weighted by Gasteiger charge is 2.04. The lowest BCUT2D eigenvalue weighted by Gasteiger charge is -1.95. The Morgan fingerprint density at radius 2 is 2.10 bits per heavy atom. The van der Waals surface area contributed by atoms with Gasteiger partial charge in [0.05, 0.1) is 13.0 Å². The van der Waals surface area contributed by atoms with Crippen LogP contribution < -0.4 is 5.73 Å². The highest BCUT2D eigenvalue weighted by molar-refractivity contribution is 5.86. The molecule has 56 valence electrons. The van der Waals surface area contributed by atoms with Crippen molar-refractivity contribution < 1.29 is 14.3 Å². The van der Waals surface area contributed by atoms with Gasteiger partial charge in [-0.15, -0.1) is 6.58 Å². The molecular weight excluding hydrogens is 134 g/mol. The fourth-order valence-corrected chi connectivity index (χ4v) is 0.328. The van der Waals surface area contributed by atoms with Crippen LogP contribution in [0.15, 0.2) is 12.7 Å². The predicted molar refractivity (Wildman–Crippen MR) is 35.0 cm³/mol. The molecule has 0 saturated heterocycles. The van der Waals surface area contributed by atoms with E-state index in [2.05, 4.69) is 11.3 Å². The minimum Gasteiger partial charge on any atom is -0.392 e. The van der Waals surface area contributed by atoms with E-state index in [0.717, 1.165) is 0 Å². The Hall–Kier alpha value is -1.16. The number of hydrogen-bond donors (Lipinski definition) is 1. The molecule has 0 atom stereocenters. The van der Waals surface area contributed by atoms with Crippen LogP contribution in [0, 0.1) is 0 Å². The zero-order valence-electron chi connectivity index (χ0n) is 5.50. The molecule has 0 aromatic heterocycles. The molecule has 0 spiro atoms. The third kappa shape index (κ3) is 3.80. The maximum Gasteiger partial charge on any atom is 0.327 e. The average Bonchev–Trinajstić information content (AvgIpc) is 1.88. The van der Waals surface area contributed by atoms with Gasteiger partial charge in [0.1, 0.15) is 0 Å². The first-order valence-corrected chi connectivity index (χ1v) is 2.75. The number of hydrogen-bond acceptors (Lipinski definition) is 4. The maximum absolute atomic E-state index is 10.4. The van der Waals surface area contributed by atoms with E-state index in [-0.39, 0.29) is 13.0 Å². The normalized spacial score (nSPS) is 8.50. The molecule has 0 aliphatic carbocycles. The van der Waals surface area contributed by atoms with Crippen molar-refractivity contribution in [2.75, 3.05) is 6.54 Å². The van der Waals surface area contributed by atoms with Gasteiger partial charge in [-0.3, -0.25) is 9.59 Å². The van der Waals surface area contributed by atoms with Crippen molar-refractivity contribution >= 4 is 11.9 Å². The van der Waals surface area contributed by atoms with Crippen LogP contribution in [0.2, 0.25) is 0 Å². The molecule has 2 N–H and O–H groups in total. The van der Waals surface area contributed by atoms with Gasteiger partial charge in [0.25, 0.3) is 0 Å². The zero-order chi connectivity index (χ0) is 7.98. The minimum absolute atomic E-state index is 0.0335. The standard InChI is InChI=1S/C6H9NO3/c1-2-3-5(8)10-6(9)4-7/h2H,1,3-4,7H2. The predicted octanol–water partition coefficient (Wildman–Crippen LogP) is -0.409. The maximum atomic E-state index is 10.4. The summed E-state index contributed by atoms with van der Waals surface area (Å²) in [7, 11) is 0. The van der Waals surface area contributed by atoms with Crippen LogP contribution in [0.4, 0.5) is 0 Å². The van der Waals surface area contributed by atoms with Crippen molar-refractivity contribution in [3.8, 4) is 0 Å². The SMILES string of the molecule is C=CCC(=O)OC(=O)CN. The van der Waals surface area contributed by atoms with Gasteiger partial charge in [-0.25, -0.2) is 0 Å². The van der Waals surface area contributed by atoms with E-state index >= 15 is 0 Å². The van der Waals surface area contributed by atoms with E-state index in [4.69, 9.17) is 5.73 Å². The van der Waals surface area contributed by atoms with E-state index in [9.17, 15) is 9.59 Å². The Labute approximate surface area is 58.7 Å². The lowest BCUT2D eigenvalue weighted by atomic mass is 10.4. The van der Waals surface area contributed by atoms with Crippen LogP contribution in [0.5, 0.6) is 0 Å². The number of carbonyl (C=O) groups excluding carboxylic acids is 2. The fraction of sp³-hybridized carbons (Fsp3) is 0.333. The largest absolute Gasteiger partial charge is 0.392 e. The third-order valence-corrected chi connectivity index (χ3v) is 0.705. The topological polar surface area (TPSA) is 69.4 Å². The molecule has 0 aromatic rings. The molecule has 0 bridgehead atoms. The van der Waals surface area contributed by atoms with E-state index in [1.165, 1.54) is 6.08 Å². The molecule has 0 aliphatic rings. The van der Waals surface area contributed by atoms with Gasteiger partial charge in [-0.2, -0.15) is 0 Å². The molecule has 4 heteroatoms. The van der Waals surface area contributed by atoms with Crippen LogP contribution >= 0.6 is 0 Å². The molecule has 0 radical (unpaired) electrons. The molecule has 4 nitrogen and oxygen atoms in total. The molecule has 0 aliphatic heterocycles. The highest BCUT2D eigenvalue weighted by atomic mass is 16.6. The molecule has 0 amide bonds. The zero-order valence-corrected chi connectivity index (χ0v) is 5.50. The second kappa shape index (κ2) is 4.69. The van der Waals surface area contributed by atoms with Gasteiger partial charge < -0.3 is 10.5 Å². The summed E-state index contributed by atoms with van der Waals surface area (Å²) in [6.45, 7) is 3.02. The molecule has 0 rings (SSSR count). The van der Waals surface area contributed by atoms with Crippen molar-refractivity contribution in [2.45, 2.75) is 6.42 Å². The summed E-state index contributed by atoms with van der Waals surface area (Å²) >= 11 is 0. The van der Waals surface area contributed by atoms with Gasteiger partial charge in [0, 0.05) is 0 Å². The Morgan fingerprint density at radius 3 is 2.50 bits per heavy atom. The van der Waals surface area contributed by atoms with Gasteiger partial charge >= 0.3 is 11.9 Å². The summed E-state index contributed by atoms with van der Waals surface area (Å²) in [6.07, 6.45) is 1.39. The smallest absolute Gasteiger partial charge is 0.327 e. The number of carbonyl (C=O) groups is 2. The van der Waals surface area contributed by atoms with Crippen molar-refractivity contribution in [3.05, 3.63) is 12.7 Å². The second-order valence-electron chi connectivity index (χ2n) is 1.54. The van der Waals surface area contributed by atoms with Gasteiger partial charge in [-0.05, 0) is 0 Å². The molecular formula is C6H9NO3. The van der Waals surface area contributed by atoms with Crippen LogP contribution in [0.25, 0.3) is 0 Å². The molecule has 10 heavy (non-hydrogen) atoms. The Balaban J connectivity index is 3.57. The lowest BCUT2D eigenvalue weighted by Crippen LogP contribution is -2.20. The first kappa shape index (κ1) is 8.84. The second-order valence-corrected chi connectivity index (χ2v) is 1.54. The van der Waals surface area contributed by atoms with Gasteiger partial charge in [0.2, 0.25) is 0 Å². The summed E-state index contributed by atoms with van der Waals surface area (Å²) in [5.41, 5.74) is 4.86. The van der Waals surface area contributed by atoms with Gasteiger partial charge in [0.15, 0.2) is 0 Å². The Kier molecular flexibility index (Phi) is 4.15. The molecule has 0 heterocycles. The van der Waals surface area contributed by atoms with Gasteiger partial charge in [-0.1, -0.05) is 6.08 Å². The van der Waals surface area contributed by atoms with E-state index in [1.54, 1.807) is 0 Å². The highest BCUT2D eigenvalue weighted by Crippen LogP contribution is 1.86. The first-order chi connectivity index (χ1) is 4.70. The van der Waals surface area contributed by atoms with Crippen LogP contribution in [0.1, 0.15) is 6.42 Å². The third-order valence-electron chi connectivity index (χ3n) is 0.705. The number of rotatable bonds is 3. The summed E-state index contributed by atoms with van der Waals surface area (Å²) in [5.74, 6) is -1.34. The summed E-state index contributed by atoms with van der Waals surface area (Å²) < 4.78 is 4.17. The average molecular weight is 143 g/mol. The summed E-state index contributed by atoms with van der Waals surface area (Å²) in [4.78, 5) is 20.7. The number of nitrogens with two attached hydrogens (primary N) is 1. The molecule has 0 unspecified atom stereocenters. The quantitative estimate of drug-likeness (QED) is 0.331. The van der Waals surface area contributed by atoms with Crippen molar-refractivity contribution in [1.29, 1.82) is 0 Å². The lowest BCUT2D eigenvalue weighted by molar-refractivity contribution is -0.157. The molecule has 0 saturated carbocycles. The van der Waals surface area contributed by atoms with Crippen molar-refractivity contribution in [3.63, 3.8) is 0 Å². The Bertz CT molecular complexity index is 153. The van der Waals surface area contributed by atoms with Crippen LogP contribution in [-0.4, -0.2) is 18.5 Å². The number of esters is 2. The van der Waals surface area contributed by atoms with Crippen LogP contribution in [-0.2, 0) is 14.3 Å². The molecule has 0 fully saturated rings. The van der Waals surface area contributed by atoms with Crippen molar-refractivity contribution in [1.82, 2.24) is 0 Å². The summed E-state index contributed by atoms with van der Waals surface area (Å²) in [5, 5.41) is 0. The minimum atomic E-state index is -0.716. The van der Waals surface area contributed by atoms with E-state index in [1.807, 2.05) is 0 Å². The first-order valence-electron chi connectivity index (χ1n) is 2.75. The Morgan fingerprint density at radius 1 is 1.50 bits per heavy atom. The fourth-order valence-electron chi connectivity index (χ4n) is 0.328. The number of ether oxygens (including phenoxy) is 1. The molecule has 0 aromatic carbocycles. The monoisotopic (exact) mass is 143 g/mol. The summed E-state index contributed by atoms with van der Waals surface area (Å²) in [6, 6.07) is 0. The van der Waals surface area contributed by atoms with Crippen molar-refractivity contribution in [2.24, 2.45) is 5.73 Å². The van der Waals surface area contributed by atoms with E-state index in [0.29, 0.717) is 0 Å².